The third kappa shape index (κ3) is 2.31. The molecule has 1 atom stereocenters. The molecule has 0 aliphatic heterocycles. The number of rotatable bonds is 4. The van der Waals surface area contributed by atoms with Gasteiger partial charge in [0.1, 0.15) is 0 Å². The van der Waals surface area contributed by atoms with Crippen LogP contribution in [-0.4, -0.2) is 59.1 Å². The summed E-state index contributed by atoms with van der Waals surface area (Å²) in [4.78, 5) is 11.0. The summed E-state index contributed by atoms with van der Waals surface area (Å²) in [7, 11) is 0. The van der Waals surface area contributed by atoms with E-state index in [2.05, 4.69) is 4.74 Å². The molecule has 0 radical (unpaired) electrons. The number of halogens is 11. The number of alkyl halides is 11. The maximum atomic E-state index is 14.2. The van der Waals surface area contributed by atoms with Gasteiger partial charge in [-0.15, -0.1) is 0 Å². The van der Waals surface area contributed by atoms with Crippen molar-refractivity contribution in [1.29, 1.82) is 0 Å². The third-order valence-corrected chi connectivity index (χ3v) is 3.61. The highest BCUT2D eigenvalue weighted by Gasteiger charge is 3.00. The molecule has 1 fully saturated rings. The predicted octanol–water partition coefficient (Wildman–Crippen LogP) is 3.20. The van der Waals surface area contributed by atoms with Gasteiger partial charge in [-0.1, -0.05) is 0 Å². The average Bonchev–Trinajstić information content (AvgIpc) is 2.44. The molecule has 1 aliphatic rings. The van der Waals surface area contributed by atoms with Gasteiger partial charge in [0.05, 0.1) is 6.61 Å². The fourth-order valence-corrected chi connectivity index (χ4v) is 2.13. The van der Waals surface area contributed by atoms with Gasteiger partial charge >= 0.3 is 35.6 Å². The van der Waals surface area contributed by atoms with Crippen molar-refractivity contribution in [3.05, 3.63) is 0 Å². The quantitative estimate of drug-likeness (QED) is 0.585. The topological polar surface area (TPSA) is 46.5 Å². The standard InChI is InChI=1S/C11H9F11O3/c1-2-25-5(24)4(23)3-6(12)7(13,14)9(17,18)11(21,22)10(19,20)8(6,15)16/h4,23H,2-3H2,1H3. The van der Waals surface area contributed by atoms with Crippen LogP contribution in [0.4, 0.5) is 48.3 Å². The lowest BCUT2D eigenvalue weighted by Crippen LogP contribution is -2.84. The Morgan fingerprint density at radius 3 is 1.44 bits per heavy atom. The fraction of sp³-hybridized carbons (Fsp3) is 0.909. The molecule has 0 heterocycles. The molecule has 148 valence electrons. The van der Waals surface area contributed by atoms with E-state index in [1.165, 1.54) is 0 Å². The van der Waals surface area contributed by atoms with Crippen LogP contribution < -0.4 is 0 Å². The molecule has 1 aliphatic carbocycles. The number of carbonyl (C=O) groups is 1. The van der Waals surface area contributed by atoms with Crippen molar-refractivity contribution in [3.63, 3.8) is 0 Å². The third-order valence-electron chi connectivity index (χ3n) is 3.61. The van der Waals surface area contributed by atoms with Crippen molar-refractivity contribution < 1.29 is 62.9 Å². The van der Waals surface area contributed by atoms with Crippen LogP contribution in [0.5, 0.6) is 0 Å². The molecule has 0 saturated heterocycles. The number of aliphatic hydroxyl groups excluding tert-OH is 1. The van der Waals surface area contributed by atoms with Gasteiger partial charge in [0.25, 0.3) is 5.67 Å². The lowest BCUT2D eigenvalue weighted by molar-refractivity contribution is -0.486. The van der Waals surface area contributed by atoms with Crippen LogP contribution in [0.15, 0.2) is 0 Å². The number of esters is 1. The molecule has 0 bridgehead atoms. The monoisotopic (exact) mass is 398 g/mol. The normalized spacial score (nSPS) is 28.8. The Hall–Kier alpha value is -1.34. The Bertz CT molecular complexity index is 515. The van der Waals surface area contributed by atoms with Crippen LogP contribution >= 0.6 is 0 Å². The van der Waals surface area contributed by atoms with E-state index in [4.69, 9.17) is 5.11 Å². The molecule has 3 nitrogen and oxygen atoms in total. The maximum Gasteiger partial charge on any atom is 0.384 e. The molecule has 1 N–H and O–H groups in total. The lowest BCUT2D eigenvalue weighted by Gasteiger charge is -2.52. The minimum Gasteiger partial charge on any atom is -0.464 e. The predicted molar refractivity (Wildman–Crippen MR) is 55.8 cm³/mol. The lowest BCUT2D eigenvalue weighted by atomic mass is 9.70. The van der Waals surface area contributed by atoms with Gasteiger partial charge in [-0.05, 0) is 6.92 Å². The van der Waals surface area contributed by atoms with E-state index < -0.39 is 60.4 Å². The first-order valence-electron chi connectivity index (χ1n) is 6.29. The van der Waals surface area contributed by atoms with Crippen molar-refractivity contribution in [2.75, 3.05) is 6.61 Å². The minimum absolute atomic E-state index is 0.619. The van der Waals surface area contributed by atoms with E-state index in [0.29, 0.717) is 0 Å². The summed E-state index contributed by atoms with van der Waals surface area (Å²) >= 11 is 0. The summed E-state index contributed by atoms with van der Waals surface area (Å²) in [6.45, 7) is 0.425. The Labute approximate surface area is 131 Å². The van der Waals surface area contributed by atoms with Gasteiger partial charge in [-0.3, -0.25) is 0 Å². The Morgan fingerprint density at radius 2 is 1.12 bits per heavy atom. The number of hydrogen-bond acceptors (Lipinski definition) is 3. The molecule has 0 amide bonds. The molecule has 0 aromatic rings. The van der Waals surface area contributed by atoms with E-state index >= 15 is 0 Å². The second-order valence-electron chi connectivity index (χ2n) is 5.15. The first-order chi connectivity index (χ1) is 10.9. The van der Waals surface area contributed by atoms with Gasteiger partial charge in [-0.2, -0.15) is 43.9 Å². The van der Waals surface area contributed by atoms with Gasteiger partial charge in [0.15, 0.2) is 6.10 Å². The number of ether oxygens (including phenoxy) is 1. The van der Waals surface area contributed by atoms with Crippen molar-refractivity contribution >= 4 is 5.97 Å². The highest BCUT2D eigenvalue weighted by molar-refractivity contribution is 5.74. The molecular weight excluding hydrogens is 389 g/mol. The first-order valence-corrected chi connectivity index (χ1v) is 6.29. The first kappa shape index (κ1) is 21.7. The van der Waals surface area contributed by atoms with Crippen molar-refractivity contribution in [2.24, 2.45) is 0 Å². The van der Waals surface area contributed by atoms with E-state index in [9.17, 15) is 53.1 Å². The summed E-state index contributed by atoms with van der Waals surface area (Å²) in [6, 6.07) is 0. The maximum absolute atomic E-state index is 14.2. The van der Waals surface area contributed by atoms with E-state index in [0.717, 1.165) is 6.92 Å². The number of hydrogen-bond donors (Lipinski definition) is 1. The van der Waals surface area contributed by atoms with Gasteiger partial charge < -0.3 is 9.84 Å². The zero-order valence-corrected chi connectivity index (χ0v) is 11.9. The van der Waals surface area contributed by atoms with E-state index in [1.54, 1.807) is 0 Å². The Morgan fingerprint density at radius 1 is 0.800 bits per heavy atom. The zero-order chi connectivity index (χ0) is 20.3. The van der Waals surface area contributed by atoms with E-state index in [-0.39, 0.29) is 0 Å². The van der Waals surface area contributed by atoms with Crippen LogP contribution in [0.2, 0.25) is 0 Å². The molecule has 1 unspecified atom stereocenters. The van der Waals surface area contributed by atoms with Crippen molar-refractivity contribution in [1.82, 2.24) is 0 Å². The molecule has 0 aromatic heterocycles. The molecular formula is C11H9F11O3. The Kier molecular flexibility index (Phi) is 4.84. The summed E-state index contributed by atoms with van der Waals surface area (Å²) in [6.07, 6.45) is -6.38. The molecule has 1 saturated carbocycles. The average molecular weight is 398 g/mol. The molecule has 0 aromatic carbocycles. The van der Waals surface area contributed by atoms with Gasteiger partial charge in [0.2, 0.25) is 0 Å². The second kappa shape index (κ2) is 5.58. The van der Waals surface area contributed by atoms with Crippen LogP contribution in [0, 0.1) is 0 Å². The molecule has 0 spiro atoms. The molecule has 14 heteroatoms. The van der Waals surface area contributed by atoms with Gasteiger partial charge in [0, 0.05) is 6.42 Å². The number of aliphatic hydroxyl groups is 1. The van der Waals surface area contributed by atoms with Crippen LogP contribution in [0.1, 0.15) is 13.3 Å². The largest absolute Gasteiger partial charge is 0.464 e. The summed E-state index contributed by atoms with van der Waals surface area (Å²) in [5.41, 5.74) is -6.40. The highest BCUT2D eigenvalue weighted by atomic mass is 19.4. The SMILES string of the molecule is CCOC(=O)C(O)CC1(F)C(F)(F)C(F)(F)C(F)(F)C(F)(F)C1(F)F. The van der Waals surface area contributed by atoms with Crippen molar-refractivity contribution in [2.45, 2.75) is 54.7 Å². The second-order valence-corrected chi connectivity index (χ2v) is 5.15. The molecule has 1 rings (SSSR count). The minimum atomic E-state index is -7.34. The van der Waals surface area contributed by atoms with Crippen LogP contribution in [0.3, 0.4) is 0 Å². The summed E-state index contributed by atoms with van der Waals surface area (Å²) in [5, 5.41) is 9.04. The van der Waals surface area contributed by atoms with Crippen LogP contribution in [0.25, 0.3) is 0 Å². The van der Waals surface area contributed by atoms with Crippen LogP contribution in [-0.2, 0) is 9.53 Å². The van der Waals surface area contributed by atoms with E-state index in [1.807, 2.05) is 0 Å². The smallest absolute Gasteiger partial charge is 0.384 e. The fourth-order valence-electron chi connectivity index (χ4n) is 2.13. The van der Waals surface area contributed by atoms with Crippen molar-refractivity contribution in [3.8, 4) is 0 Å². The molecule has 25 heavy (non-hydrogen) atoms. The highest BCUT2D eigenvalue weighted by Crippen LogP contribution is 2.70. The Balaban J connectivity index is 3.58. The summed E-state index contributed by atoms with van der Waals surface area (Å²) < 4.78 is 150. The van der Waals surface area contributed by atoms with Gasteiger partial charge in [-0.25, -0.2) is 9.18 Å². The number of carbonyl (C=O) groups excluding carboxylic acids is 1. The zero-order valence-electron chi connectivity index (χ0n) is 11.9. The summed E-state index contributed by atoms with van der Waals surface area (Å²) in [5.74, 6) is -38.1.